The van der Waals surface area contributed by atoms with Gasteiger partial charge in [0.15, 0.2) is 0 Å². The lowest BCUT2D eigenvalue weighted by Gasteiger charge is -2.07. The van der Waals surface area contributed by atoms with E-state index in [9.17, 15) is 14.3 Å². The number of benzene rings is 2. The summed E-state index contributed by atoms with van der Waals surface area (Å²) in [4.78, 5) is 11.4. The van der Waals surface area contributed by atoms with Crippen LogP contribution in [0.4, 0.5) is 4.39 Å². The molecule has 0 aliphatic carbocycles. The van der Waals surface area contributed by atoms with Gasteiger partial charge in [-0.3, -0.25) is 0 Å². The second-order valence-corrected chi connectivity index (χ2v) is 4.88. The number of aliphatic carboxylic acids is 1. The van der Waals surface area contributed by atoms with Gasteiger partial charge in [0.05, 0.1) is 13.4 Å². The van der Waals surface area contributed by atoms with Crippen molar-refractivity contribution in [3.8, 4) is 12.3 Å². The maximum Gasteiger partial charge on any atom is 0.339 e. The van der Waals surface area contributed by atoms with E-state index in [0.717, 1.165) is 6.26 Å². The Balaban J connectivity index is 2.51. The van der Waals surface area contributed by atoms with Crippen molar-refractivity contribution < 1.29 is 19.0 Å². The molecule has 0 spiro atoms. The van der Waals surface area contributed by atoms with Crippen LogP contribution in [-0.2, 0) is 9.53 Å². The monoisotopic (exact) mass is 322 g/mol. The van der Waals surface area contributed by atoms with Gasteiger partial charge >= 0.3 is 5.97 Å². The highest BCUT2D eigenvalue weighted by molar-refractivity contribution is 6.16. The number of carbonyl (C=O) groups is 1. The van der Waals surface area contributed by atoms with Gasteiger partial charge in [-0.05, 0) is 29.3 Å². The minimum atomic E-state index is -1.16. The average molecular weight is 322 g/mol. The molecule has 0 aliphatic rings. The first-order valence-electron chi connectivity index (χ1n) is 7.06. The van der Waals surface area contributed by atoms with Crippen molar-refractivity contribution in [3.63, 3.8) is 0 Å². The molecule has 0 amide bonds. The van der Waals surface area contributed by atoms with E-state index in [4.69, 9.17) is 11.2 Å². The molecule has 4 heteroatoms. The molecule has 0 saturated carbocycles. The van der Waals surface area contributed by atoms with E-state index in [1.165, 1.54) is 13.2 Å². The Morgan fingerprint density at radius 2 is 2.00 bits per heavy atom. The molecular weight excluding hydrogens is 307 g/mol. The highest BCUT2D eigenvalue weighted by Gasteiger charge is 2.14. The van der Waals surface area contributed by atoms with Crippen molar-refractivity contribution in [1.29, 1.82) is 0 Å². The number of terminal acetylenes is 1. The number of methoxy groups -OCH3 is 1. The highest BCUT2D eigenvalue weighted by Crippen LogP contribution is 2.26. The topological polar surface area (TPSA) is 46.5 Å². The van der Waals surface area contributed by atoms with Crippen molar-refractivity contribution in [2.75, 3.05) is 7.11 Å². The third kappa shape index (κ3) is 3.90. The summed E-state index contributed by atoms with van der Waals surface area (Å²) in [7, 11) is 1.35. The number of hydrogen-bond acceptors (Lipinski definition) is 2. The summed E-state index contributed by atoms with van der Waals surface area (Å²) in [6.45, 7) is 0. The van der Waals surface area contributed by atoms with Crippen LogP contribution < -0.4 is 0 Å². The molecule has 2 aromatic carbocycles. The molecule has 0 aromatic heterocycles. The Hall–Kier alpha value is -3.32. The molecule has 0 unspecified atom stereocenters. The lowest BCUT2D eigenvalue weighted by atomic mass is 9.99. The molecule has 0 aliphatic heterocycles. The third-order valence-electron chi connectivity index (χ3n) is 3.30. The smallest absolute Gasteiger partial charge is 0.339 e. The fourth-order valence-electron chi connectivity index (χ4n) is 2.19. The molecule has 0 atom stereocenters. The van der Waals surface area contributed by atoms with E-state index in [0.29, 0.717) is 22.3 Å². The summed E-state index contributed by atoms with van der Waals surface area (Å²) < 4.78 is 19.4. The van der Waals surface area contributed by atoms with E-state index in [2.05, 4.69) is 5.92 Å². The van der Waals surface area contributed by atoms with Crippen LogP contribution >= 0.6 is 0 Å². The number of halogens is 1. The number of carboxylic acids is 1. The lowest BCUT2D eigenvalue weighted by Crippen LogP contribution is -2.02. The van der Waals surface area contributed by atoms with Crippen LogP contribution in [0.25, 0.3) is 17.5 Å². The summed E-state index contributed by atoms with van der Waals surface area (Å²) in [6, 6.07) is 13.1. The van der Waals surface area contributed by atoms with Crippen molar-refractivity contribution in [2.45, 2.75) is 0 Å². The largest absolute Gasteiger partial charge is 0.503 e. The summed E-state index contributed by atoms with van der Waals surface area (Å²) in [6.07, 6.45) is 7.72. The summed E-state index contributed by atoms with van der Waals surface area (Å²) in [5.41, 5.74) is 1.61. The quantitative estimate of drug-likeness (QED) is 0.388. The highest BCUT2D eigenvalue weighted by atomic mass is 19.1. The van der Waals surface area contributed by atoms with Crippen molar-refractivity contribution in [2.24, 2.45) is 0 Å². The molecule has 2 rings (SSSR count). The fourth-order valence-corrected chi connectivity index (χ4v) is 2.19. The van der Waals surface area contributed by atoms with E-state index in [1.54, 1.807) is 48.5 Å². The lowest BCUT2D eigenvalue weighted by molar-refractivity contribution is -0.130. The molecule has 0 bridgehead atoms. The SMILES string of the molecule is C#Cc1cccc(/C(F)=C/c2ccccc2/C(=C/OC)C(=O)O)c1. The second kappa shape index (κ2) is 7.80. The van der Waals surface area contributed by atoms with E-state index in [-0.39, 0.29) is 5.57 Å². The predicted octanol–water partition coefficient (Wildman–Crippen LogP) is 4.21. The Labute approximate surface area is 139 Å². The normalized spacial score (nSPS) is 11.7. The number of ether oxygens (including phenoxy) is 1. The number of hydrogen-bond donors (Lipinski definition) is 1. The zero-order chi connectivity index (χ0) is 17.5. The second-order valence-electron chi connectivity index (χ2n) is 4.88. The first-order valence-corrected chi connectivity index (χ1v) is 7.06. The van der Waals surface area contributed by atoms with Gasteiger partial charge in [0.25, 0.3) is 0 Å². The van der Waals surface area contributed by atoms with Gasteiger partial charge in [-0.25, -0.2) is 9.18 Å². The van der Waals surface area contributed by atoms with Gasteiger partial charge < -0.3 is 9.84 Å². The standard InChI is InChI=1S/C20H15FO3/c1-3-14-7-6-9-16(11-14)19(21)12-15-8-4-5-10-17(15)18(13-24-2)20(22)23/h1,4-13H,2H3,(H,22,23)/b18-13-,19-12-. The van der Waals surface area contributed by atoms with Gasteiger partial charge in [0.2, 0.25) is 0 Å². The van der Waals surface area contributed by atoms with Gasteiger partial charge in [0, 0.05) is 11.1 Å². The molecule has 24 heavy (non-hydrogen) atoms. The Morgan fingerprint density at radius 1 is 1.25 bits per heavy atom. The van der Waals surface area contributed by atoms with Gasteiger partial charge in [-0.15, -0.1) is 6.42 Å². The fraction of sp³-hybridized carbons (Fsp3) is 0.0500. The summed E-state index contributed by atoms with van der Waals surface area (Å²) in [5.74, 6) is 0.778. The van der Waals surface area contributed by atoms with Gasteiger partial charge in [-0.2, -0.15) is 0 Å². The van der Waals surface area contributed by atoms with Gasteiger partial charge in [0.1, 0.15) is 11.4 Å². The Morgan fingerprint density at radius 3 is 2.67 bits per heavy atom. The third-order valence-corrected chi connectivity index (χ3v) is 3.30. The van der Waals surface area contributed by atoms with Crippen molar-refractivity contribution in [3.05, 3.63) is 77.0 Å². The van der Waals surface area contributed by atoms with Crippen LogP contribution in [-0.4, -0.2) is 18.2 Å². The molecule has 0 heterocycles. The van der Waals surface area contributed by atoms with Crippen LogP contribution in [0.1, 0.15) is 22.3 Å². The minimum absolute atomic E-state index is 0.0606. The maximum absolute atomic E-state index is 14.6. The average Bonchev–Trinajstić information content (AvgIpc) is 2.60. The zero-order valence-electron chi connectivity index (χ0n) is 13.0. The molecular formula is C20H15FO3. The van der Waals surface area contributed by atoms with Crippen molar-refractivity contribution >= 4 is 23.4 Å². The summed E-state index contributed by atoms with van der Waals surface area (Å²) in [5, 5.41) is 9.32. The molecule has 0 saturated heterocycles. The molecule has 0 radical (unpaired) electrons. The molecule has 1 N–H and O–H groups in total. The van der Waals surface area contributed by atoms with Crippen LogP contribution in [0, 0.1) is 12.3 Å². The first-order chi connectivity index (χ1) is 11.6. The zero-order valence-corrected chi connectivity index (χ0v) is 13.0. The van der Waals surface area contributed by atoms with Crippen LogP contribution in [0.2, 0.25) is 0 Å². The molecule has 2 aromatic rings. The van der Waals surface area contributed by atoms with Crippen LogP contribution in [0.5, 0.6) is 0 Å². The Bertz CT molecular complexity index is 857. The van der Waals surface area contributed by atoms with Crippen LogP contribution in [0.3, 0.4) is 0 Å². The van der Waals surface area contributed by atoms with E-state index >= 15 is 0 Å². The van der Waals surface area contributed by atoms with E-state index in [1.807, 2.05) is 0 Å². The molecule has 3 nitrogen and oxygen atoms in total. The Kier molecular flexibility index (Phi) is 5.54. The maximum atomic E-state index is 14.6. The predicted molar refractivity (Wildman–Crippen MR) is 92.4 cm³/mol. The summed E-state index contributed by atoms with van der Waals surface area (Å²) >= 11 is 0. The van der Waals surface area contributed by atoms with E-state index < -0.39 is 11.8 Å². The number of rotatable bonds is 5. The van der Waals surface area contributed by atoms with Crippen molar-refractivity contribution in [1.82, 2.24) is 0 Å². The molecule has 0 fully saturated rings. The van der Waals surface area contributed by atoms with Crippen LogP contribution in [0.15, 0.2) is 54.8 Å². The van der Waals surface area contributed by atoms with Gasteiger partial charge in [-0.1, -0.05) is 42.3 Å². The first kappa shape index (κ1) is 17.0. The minimum Gasteiger partial charge on any atom is -0.503 e. The molecule has 120 valence electrons. The number of carboxylic acid groups (broad SMARTS) is 1.